The Morgan fingerprint density at radius 3 is 2.12 bits per heavy atom. The lowest BCUT2D eigenvalue weighted by Gasteiger charge is -2.40. The van der Waals surface area contributed by atoms with Gasteiger partial charge in [0.1, 0.15) is 0 Å². The largest absolute Gasteiger partial charge is 0.372 e. The van der Waals surface area contributed by atoms with Gasteiger partial charge in [0.25, 0.3) is 0 Å². The summed E-state index contributed by atoms with van der Waals surface area (Å²) in [6.07, 6.45) is 15.1. The first-order valence-electron chi connectivity index (χ1n) is 13.9. The SMILES string of the molecule is CCCCN1CCN(c2ccc(N3CCCCCCC3)cc2C2CCC(C)(C)CC2)CC1. The van der Waals surface area contributed by atoms with E-state index in [2.05, 4.69) is 53.7 Å². The van der Waals surface area contributed by atoms with Gasteiger partial charge in [0.05, 0.1) is 0 Å². The third-order valence-corrected chi connectivity index (χ3v) is 8.55. The third kappa shape index (κ3) is 6.22. The van der Waals surface area contributed by atoms with E-state index in [0.717, 1.165) is 5.92 Å². The Morgan fingerprint density at radius 1 is 0.812 bits per heavy atom. The summed E-state index contributed by atoms with van der Waals surface area (Å²) in [6.45, 7) is 15.8. The van der Waals surface area contributed by atoms with Crippen LogP contribution in [0.4, 0.5) is 11.4 Å². The molecule has 0 aromatic heterocycles. The summed E-state index contributed by atoms with van der Waals surface area (Å²) in [5.74, 6) is 0.742. The second-order valence-corrected chi connectivity index (χ2v) is 11.6. The lowest BCUT2D eigenvalue weighted by atomic mass is 9.71. The Kier molecular flexibility index (Phi) is 8.43. The van der Waals surface area contributed by atoms with Gasteiger partial charge in [-0.2, -0.15) is 0 Å². The number of benzene rings is 1. The number of hydrogen-bond acceptors (Lipinski definition) is 3. The quantitative estimate of drug-likeness (QED) is 0.469. The van der Waals surface area contributed by atoms with Crippen LogP contribution in [0.3, 0.4) is 0 Å². The average molecular weight is 440 g/mol. The summed E-state index contributed by atoms with van der Waals surface area (Å²) in [5, 5.41) is 0. The Hall–Kier alpha value is -1.22. The zero-order valence-electron chi connectivity index (χ0n) is 21.4. The molecule has 0 amide bonds. The van der Waals surface area contributed by atoms with Gasteiger partial charge in [0.15, 0.2) is 0 Å². The smallest absolute Gasteiger partial charge is 0.0404 e. The van der Waals surface area contributed by atoms with E-state index in [0.29, 0.717) is 5.41 Å². The van der Waals surface area contributed by atoms with Crippen LogP contribution in [-0.2, 0) is 0 Å². The highest BCUT2D eigenvalue weighted by molar-refractivity contribution is 5.63. The molecule has 32 heavy (non-hydrogen) atoms. The number of anilines is 2. The van der Waals surface area contributed by atoms with Crippen LogP contribution >= 0.6 is 0 Å². The van der Waals surface area contributed by atoms with Gasteiger partial charge >= 0.3 is 0 Å². The number of nitrogens with zero attached hydrogens (tertiary/aromatic N) is 3. The minimum Gasteiger partial charge on any atom is -0.372 e. The van der Waals surface area contributed by atoms with E-state index >= 15 is 0 Å². The van der Waals surface area contributed by atoms with E-state index < -0.39 is 0 Å². The normalized spacial score (nSPS) is 23.7. The van der Waals surface area contributed by atoms with Gasteiger partial charge in [-0.3, -0.25) is 4.90 Å². The molecule has 0 N–H and O–H groups in total. The maximum Gasteiger partial charge on any atom is 0.0404 e. The van der Waals surface area contributed by atoms with Gasteiger partial charge in [0.2, 0.25) is 0 Å². The van der Waals surface area contributed by atoms with Crippen molar-refractivity contribution < 1.29 is 0 Å². The molecule has 1 aromatic rings. The molecule has 1 saturated carbocycles. The minimum absolute atomic E-state index is 0.530. The molecular weight excluding hydrogens is 390 g/mol. The molecule has 0 unspecified atom stereocenters. The fourth-order valence-corrected chi connectivity index (χ4v) is 6.16. The first kappa shape index (κ1) is 23.9. The second-order valence-electron chi connectivity index (χ2n) is 11.6. The molecule has 1 aliphatic carbocycles. The fourth-order valence-electron chi connectivity index (χ4n) is 6.16. The molecule has 3 fully saturated rings. The first-order valence-corrected chi connectivity index (χ1v) is 13.9. The Morgan fingerprint density at radius 2 is 1.47 bits per heavy atom. The molecule has 2 saturated heterocycles. The summed E-state index contributed by atoms with van der Waals surface area (Å²) in [7, 11) is 0. The lowest BCUT2D eigenvalue weighted by molar-refractivity contribution is 0.224. The highest BCUT2D eigenvalue weighted by Gasteiger charge is 2.30. The molecule has 3 heteroatoms. The molecule has 4 rings (SSSR count). The summed E-state index contributed by atoms with van der Waals surface area (Å²) in [4.78, 5) is 8.09. The molecule has 0 bridgehead atoms. The molecular formula is C29H49N3. The molecule has 3 aliphatic rings. The predicted octanol–water partition coefficient (Wildman–Crippen LogP) is 7.06. The van der Waals surface area contributed by atoms with E-state index in [1.807, 2.05) is 0 Å². The van der Waals surface area contributed by atoms with Crippen LogP contribution in [0.5, 0.6) is 0 Å². The van der Waals surface area contributed by atoms with Crippen LogP contribution in [0.2, 0.25) is 0 Å². The minimum atomic E-state index is 0.530. The number of rotatable bonds is 6. The standard InChI is InChI=1S/C29H49N3/c1-4-5-17-30-20-22-32(23-21-30)28-12-11-26(31-18-9-7-6-8-10-19-31)24-27(28)25-13-15-29(2,3)16-14-25/h11-12,24-25H,4-10,13-23H2,1-3H3. The topological polar surface area (TPSA) is 9.72 Å². The van der Waals surface area contributed by atoms with Crippen LogP contribution in [0.15, 0.2) is 18.2 Å². The van der Waals surface area contributed by atoms with Crippen LogP contribution in [0, 0.1) is 5.41 Å². The predicted molar refractivity (Wildman–Crippen MR) is 140 cm³/mol. The highest BCUT2D eigenvalue weighted by atomic mass is 15.3. The van der Waals surface area contributed by atoms with Crippen LogP contribution < -0.4 is 9.80 Å². The zero-order valence-corrected chi connectivity index (χ0v) is 21.4. The molecule has 2 aliphatic heterocycles. The van der Waals surface area contributed by atoms with Crippen molar-refractivity contribution in [3.63, 3.8) is 0 Å². The van der Waals surface area contributed by atoms with Gasteiger partial charge in [-0.05, 0) is 86.6 Å². The fraction of sp³-hybridized carbons (Fsp3) is 0.793. The van der Waals surface area contributed by atoms with E-state index in [1.54, 1.807) is 11.3 Å². The molecule has 180 valence electrons. The molecule has 1 aromatic carbocycles. The Bertz CT molecular complexity index is 686. The number of unbranched alkanes of at least 4 members (excludes halogenated alkanes) is 1. The monoisotopic (exact) mass is 439 g/mol. The van der Waals surface area contributed by atoms with E-state index in [-0.39, 0.29) is 0 Å². The van der Waals surface area contributed by atoms with E-state index in [4.69, 9.17) is 0 Å². The summed E-state index contributed by atoms with van der Waals surface area (Å²) in [6, 6.07) is 7.59. The van der Waals surface area contributed by atoms with Crippen LogP contribution in [0.25, 0.3) is 0 Å². The molecule has 0 radical (unpaired) electrons. The molecule has 0 spiro atoms. The molecule has 0 atom stereocenters. The van der Waals surface area contributed by atoms with Crippen molar-refractivity contribution in [1.82, 2.24) is 4.90 Å². The molecule has 3 nitrogen and oxygen atoms in total. The van der Waals surface area contributed by atoms with Crippen molar-refractivity contribution in [2.45, 2.75) is 97.3 Å². The lowest BCUT2D eigenvalue weighted by Crippen LogP contribution is -2.47. The van der Waals surface area contributed by atoms with Gasteiger partial charge in [-0.25, -0.2) is 0 Å². The zero-order chi connectivity index (χ0) is 22.4. The van der Waals surface area contributed by atoms with Crippen molar-refractivity contribution in [3.8, 4) is 0 Å². The maximum absolute atomic E-state index is 2.72. The van der Waals surface area contributed by atoms with Crippen molar-refractivity contribution in [1.29, 1.82) is 0 Å². The highest BCUT2D eigenvalue weighted by Crippen LogP contribution is 2.45. The third-order valence-electron chi connectivity index (χ3n) is 8.55. The molecule has 2 heterocycles. The van der Waals surface area contributed by atoms with Crippen molar-refractivity contribution in [3.05, 3.63) is 23.8 Å². The van der Waals surface area contributed by atoms with Crippen LogP contribution in [0.1, 0.15) is 103 Å². The van der Waals surface area contributed by atoms with Crippen molar-refractivity contribution >= 4 is 11.4 Å². The summed E-state index contributed by atoms with van der Waals surface area (Å²) in [5.41, 5.74) is 5.25. The Balaban J connectivity index is 1.53. The maximum atomic E-state index is 2.72. The van der Waals surface area contributed by atoms with Gasteiger partial charge < -0.3 is 9.80 Å². The summed E-state index contributed by atoms with van der Waals surface area (Å²) < 4.78 is 0. The van der Waals surface area contributed by atoms with E-state index in [9.17, 15) is 0 Å². The second kappa shape index (κ2) is 11.3. The average Bonchev–Trinajstić information content (AvgIpc) is 2.78. The number of hydrogen-bond donors (Lipinski definition) is 0. The van der Waals surface area contributed by atoms with Gasteiger partial charge in [-0.15, -0.1) is 0 Å². The van der Waals surface area contributed by atoms with Crippen LogP contribution in [-0.4, -0.2) is 50.7 Å². The first-order chi connectivity index (χ1) is 15.6. The van der Waals surface area contributed by atoms with Gasteiger partial charge in [-0.1, -0.05) is 46.5 Å². The summed E-state index contributed by atoms with van der Waals surface area (Å²) >= 11 is 0. The van der Waals surface area contributed by atoms with Crippen molar-refractivity contribution in [2.75, 3.05) is 55.6 Å². The van der Waals surface area contributed by atoms with Crippen molar-refractivity contribution in [2.24, 2.45) is 5.41 Å². The van der Waals surface area contributed by atoms with E-state index in [1.165, 1.54) is 122 Å². The number of piperazine rings is 1. The Labute approximate surface area is 198 Å². The van der Waals surface area contributed by atoms with Gasteiger partial charge in [0, 0.05) is 50.6 Å².